The molecule has 26 heavy (non-hydrogen) atoms. The molecule has 4 unspecified atom stereocenters. The molecule has 2 bridgehead atoms. The minimum absolute atomic E-state index is 0.853. The molecule has 2 aliphatic carbocycles. The maximum Gasteiger partial charge on any atom is 0.195 e. The summed E-state index contributed by atoms with van der Waals surface area (Å²) >= 11 is 4.50. The number of fused-ring (bicyclic) bond motifs is 3. The second-order valence-corrected chi connectivity index (χ2v) is 11.2. The lowest BCUT2D eigenvalue weighted by molar-refractivity contribution is 0.391. The first-order valence-electron chi connectivity index (χ1n) is 11.4. The van der Waals surface area contributed by atoms with Gasteiger partial charge in [-0.3, -0.25) is 0 Å². The fourth-order valence-corrected chi connectivity index (χ4v) is 8.03. The Hall–Kier alpha value is 0.570. The van der Waals surface area contributed by atoms with Crippen LogP contribution in [0.1, 0.15) is 96.8 Å². The summed E-state index contributed by atoms with van der Waals surface area (Å²) in [5.41, 5.74) is 0. The Balaban J connectivity index is 1.61. The molecule has 2 radical (unpaired) electrons. The third-order valence-corrected chi connectivity index (χ3v) is 9.80. The normalized spacial score (nSPS) is 37.7. The maximum absolute atomic E-state index is 2.72. The largest absolute Gasteiger partial charge is 0.213 e. The molecule has 3 rings (SSSR count). The van der Waals surface area contributed by atoms with Crippen molar-refractivity contribution in [2.75, 3.05) is 0 Å². The van der Waals surface area contributed by atoms with E-state index in [0.29, 0.717) is 0 Å². The fraction of sp³-hybridized carbons (Fsp3) is 0.909. The van der Waals surface area contributed by atoms with Crippen LogP contribution in [0.25, 0.3) is 0 Å². The van der Waals surface area contributed by atoms with Crippen LogP contribution in [0.2, 0.25) is 11.6 Å². The van der Waals surface area contributed by atoms with Crippen LogP contribution in [0, 0.1) is 5.92 Å². The van der Waals surface area contributed by atoms with Crippen LogP contribution < -0.4 is 0 Å². The van der Waals surface area contributed by atoms with E-state index < -0.39 is 0 Å². The third-order valence-electron chi connectivity index (χ3n) is 6.72. The molecule has 3 fully saturated rings. The summed E-state index contributed by atoms with van der Waals surface area (Å²) in [5, 5.41) is 1.76. The lowest BCUT2D eigenvalue weighted by atomic mass is 9.67. The second-order valence-electron chi connectivity index (χ2n) is 8.90. The number of allylic oxidation sites excluding steroid dienone is 2. The predicted octanol–water partition coefficient (Wildman–Crippen LogP) is 7.70. The molecule has 4 atom stereocenters. The Morgan fingerprint density at radius 3 is 1.85 bits per heavy atom. The minimum Gasteiger partial charge on any atom is -0.213 e. The van der Waals surface area contributed by atoms with Crippen molar-refractivity contribution in [3.8, 4) is 0 Å². The molecule has 0 nitrogen and oxygen atoms in total. The summed E-state index contributed by atoms with van der Waals surface area (Å²) in [5.74, 6) is 2.64. The average molecular weight is 388 g/mol. The van der Waals surface area contributed by atoms with Crippen molar-refractivity contribution in [2.45, 2.75) is 119 Å². The zero-order chi connectivity index (χ0) is 18.0. The molecule has 0 aromatic carbocycles. The van der Waals surface area contributed by atoms with Crippen molar-refractivity contribution in [2.24, 2.45) is 5.92 Å². The van der Waals surface area contributed by atoms with Crippen LogP contribution in [0.4, 0.5) is 0 Å². The summed E-state index contributed by atoms with van der Waals surface area (Å²) in [6, 6.07) is 0. The van der Waals surface area contributed by atoms with Crippen molar-refractivity contribution < 1.29 is 0 Å². The van der Waals surface area contributed by atoms with E-state index in [1.54, 1.807) is 0 Å². The summed E-state index contributed by atoms with van der Waals surface area (Å²) in [6.07, 6.45) is 24.8. The number of hydrogen-bond acceptors (Lipinski definition) is 2. The molecule has 1 saturated heterocycles. The lowest BCUT2D eigenvalue weighted by Crippen LogP contribution is -2.24. The van der Waals surface area contributed by atoms with E-state index in [0.717, 1.165) is 28.1 Å². The Kier molecular flexibility index (Phi) is 9.99. The Morgan fingerprint density at radius 2 is 1.31 bits per heavy atom. The predicted molar refractivity (Wildman–Crippen MR) is 125 cm³/mol. The molecule has 1 heterocycles. The van der Waals surface area contributed by atoms with E-state index in [4.69, 9.17) is 0 Å². The number of rotatable bonds is 2. The topological polar surface area (TPSA) is 0 Å². The van der Waals surface area contributed by atoms with Crippen molar-refractivity contribution in [1.29, 1.82) is 0 Å². The van der Waals surface area contributed by atoms with E-state index in [9.17, 15) is 0 Å². The molecule has 0 aromatic heterocycles. The van der Waals surface area contributed by atoms with Gasteiger partial charge in [0, 0.05) is 10.5 Å². The lowest BCUT2D eigenvalue weighted by Gasteiger charge is -2.29. The van der Waals surface area contributed by atoms with Crippen molar-refractivity contribution in [3.05, 3.63) is 12.2 Å². The van der Waals surface area contributed by atoms with Crippen LogP contribution in [-0.2, 0) is 0 Å². The van der Waals surface area contributed by atoms with Crippen molar-refractivity contribution in [1.82, 2.24) is 0 Å². The van der Waals surface area contributed by atoms with Gasteiger partial charge in [-0.1, -0.05) is 94.4 Å². The van der Waals surface area contributed by atoms with Crippen LogP contribution in [0.5, 0.6) is 0 Å². The molecular formula is C22H38B2S2. The van der Waals surface area contributed by atoms with E-state index in [1.165, 1.54) is 89.9 Å². The highest BCUT2D eigenvalue weighted by atomic mass is 32.2. The molecule has 0 spiro atoms. The molecule has 2 saturated carbocycles. The number of hydrogen-bond donors (Lipinski definition) is 0. The standard InChI is InChI=1S/C22H38B2S2/c1-2-3-10-18-11-8-13-19-17-20(14-9-12-18)24-26-22-16-7-5-4-6-15-21(22)25-23-19/h2-3,18-22H,4-17H2,1H3. The SMILES string of the molecule is CC=CCC1CCCC2[B]SC3CCCCCCC3S[B]C(CCC1)C2. The summed E-state index contributed by atoms with van der Waals surface area (Å²) in [7, 11) is 0. The second kappa shape index (κ2) is 12.2. The third kappa shape index (κ3) is 7.19. The van der Waals surface area contributed by atoms with Crippen LogP contribution in [0.15, 0.2) is 12.2 Å². The van der Waals surface area contributed by atoms with Gasteiger partial charge >= 0.3 is 0 Å². The van der Waals surface area contributed by atoms with Gasteiger partial charge in [-0.05, 0) is 32.1 Å². The van der Waals surface area contributed by atoms with Gasteiger partial charge in [-0.25, -0.2) is 23.2 Å². The summed E-state index contributed by atoms with van der Waals surface area (Å²) in [4.78, 5) is 0. The summed E-state index contributed by atoms with van der Waals surface area (Å²) < 4.78 is 0. The van der Waals surface area contributed by atoms with Gasteiger partial charge in [0.1, 0.15) is 0 Å². The van der Waals surface area contributed by atoms with Gasteiger partial charge in [0.15, 0.2) is 13.1 Å². The first-order valence-corrected chi connectivity index (χ1v) is 13.3. The molecule has 0 N–H and O–H groups in total. The minimum atomic E-state index is 0.853. The van der Waals surface area contributed by atoms with Gasteiger partial charge in [0.05, 0.1) is 0 Å². The van der Waals surface area contributed by atoms with Crippen molar-refractivity contribution >= 4 is 36.3 Å². The van der Waals surface area contributed by atoms with Gasteiger partial charge in [-0.2, -0.15) is 0 Å². The molecule has 144 valence electrons. The van der Waals surface area contributed by atoms with Gasteiger partial charge in [-0.15, -0.1) is 0 Å². The van der Waals surface area contributed by atoms with Gasteiger partial charge < -0.3 is 0 Å². The Bertz CT molecular complexity index is 385. The maximum atomic E-state index is 2.72. The molecular weight excluding hydrogens is 350 g/mol. The molecule has 4 heteroatoms. The van der Waals surface area contributed by atoms with Crippen molar-refractivity contribution in [3.63, 3.8) is 0 Å². The fourth-order valence-electron chi connectivity index (χ4n) is 5.07. The Labute approximate surface area is 173 Å². The highest BCUT2D eigenvalue weighted by Gasteiger charge is 2.30. The monoisotopic (exact) mass is 388 g/mol. The van der Waals surface area contributed by atoms with E-state index >= 15 is 0 Å². The van der Waals surface area contributed by atoms with E-state index in [2.05, 4.69) is 55.4 Å². The molecule has 3 aliphatic rings. The van der Waals surface area contributed by atoms with Crippen LogP contribution in [0.3, 0.4) is 0 Å². The summed E-state index contributed by atoms with van der Waals surface area (Å²) in [6.45, 7) is 7.60. The first-order chi connectivity index (χ1) is 12.8. The molecule has 0 amide bonds. The van der Waals surface area contributed by atoms with Gasteiger partial charge in [0.2, 0.25) is 0 Å². The highest BCUT2D eigenvalue weighted by molar-refractivity contribution is 8.26. The average Bonchev–Trinajstić information content (AvgIpc) is 2.69. The highest BCUT2D eigenvalue weighted by Crippen LogP contribution is 2.43. The van der Waals surface area contributed by atoms with Crippen LogP contribution >= 0.6 is 23.2 Å². The Morgan fingerprint density at radius 1 is 0.731 bits per heavy atom. The zero-order valence-corrected chi connectivity index (χ0v) is 18.5. The molecule has 0 aromatic rings. The van der Waals surface area contributed by atoms with Crippen LogP contribution in [-0.4, -0.2) is 23.6 Å². The smallest absolute Gasteiger partial charge is 0.195 e. The zero-order valence-electron chi connectivity index (χ0n) is 16.9. The van der Waals surface area contributed by atoms with Gasteiger partial charge in [0.25, 0.3) is 0 Å². The van der Waals surface area contributed by atoms with E-state index in [1.807, 2.05) is 0 Å². The quantitative estimate of drug-likeness (QED) is 0.351. The molecule has 1 aliphatic heterocycles. The first kappa shape index (κ1) is 21.3. The van der Waals surface area contributed by atoms with E-state index in [-0.39, 0.29) is 0 Å².